The molecule has 1 aliphatic heterocycles. The first-order valence-electron chi connectivity index (χ1n) is 5.54. The highest BCUT2D eigenvalue weighted by molar-refractivity contribution is 4.83. The van der Waals surface area contributed by atoms with Gasteiger partial charge in [-0.05, 0) is 31.1 Å². The maximum atomic E-state index is 5.45. The smallest absolute Gasteiger partial charge is 0.0621 e. The van der Waals surface area contributed by atoms with Crippen LogP contribution in [0, 0.1) is 11.8 Å². The molecule has 1 saturated carbocycles. The fourth-order valence-electron chi connectivity index (χ4n) is 2.39. The molecule has 2 heteroatoms. The summed E-state index contributed by atoms with van der Waals surface area (Å²) in [4.78, 5) is 2.62. The Hall–Kier alpha value is -0.0800. The predicted molar refractivity (Wildman–Crippen MR) is 53.7 cm³/mol. The van der Waals surface area contributed by atoms with Gasteiger partial charge in [0, 0.05) is 26.7 Å². The highest BCUT2D eigenvalue weighted by Crippen LogP contribution is 2.31. The van der Waals surface area contributed by atoms with Gasteiger partial charge in [0.25, 0.3) is 0 Å². The fourth-order valence-corrected chi connectivity index (χ4v) is 2.39. The molecule has 2 aliphatic rings. The minimum absolute atomic E-state index is 0.510. The summed E-state index contributed by atoms with van der Waals surface area (Å²) in [6.07, 6.45) is 4.68. The van der Waals surface area contributed by atoms with Crippen LogP contribution < -0.4 is 0 Å². The zero-order valence-electron chi connectivity index (χ0n) is 8.83. The Balaban J connectivity index is 1.76. The van der Waals surface area contributed by atoms with E-state index in [0.29, 0.717) is 6.10 Å². The number of nitrogens with zero attached hydrogens (tertiary/aromatic N) is 1. The first kappa shape index (κ1) is 9.47. The minimum atomic E-state index is 0.510. The third kappa shape index (κ3) is 2.44. The monoisotopic (exact) mass is 183 g/mol. The molecule has 1 saturated heterocycles. The van der Waals surface area contributed by atoms with Crippen LogP contribution in [0.1, 0.15) is 26.2 Å². The lowest BCUT2D eigenvalue weighted by atomic mass is 9.96. The van der Waals surface area contributed by atoms with E-state index in [2.05, 4.69) is 11.8 Å². The Labute approximate surface area is 81.3 Å². The zero-order valence-corrected chi connectivity index (χ0v) is 8.83. The van der Waals surface area contributed by atoms with Gasteiger partial charge in [0.1, 0.15) is 0 Å². The summed E-state index contributed by atoms with van der Waals surface area (Å²) in [6, 6.07) is 0. The van der Waals surface area contributed by atoms with E-state index in [4.69, 9.17) is 4.74 Å². The fraction of sp³-hybridized carbons (Fsp3) is 1.00. The Kier molecular flexibility index (Phi) is 2.89. The lowest BCUT2D eigenvalue weighted by Gasteiger charge is -2.36. The molecule has 0 radical (unpaired) electrons. The summed E-state index contributed by atoms with van der Waals surface area (Å²) in [5.74, 6) is 1.75. The van der Waals surface area contributed by atoms with Gasteiger partial charge in [-0.1, -0.05) is 6.92 Å². The summed E-state index contributed by atoms with van der Waals surface area (Å²) >= 11 is 0. The van der Waals surface area contributed by atoms with Gasteiger partial charge in [-0.25, -0.2) is 0 Å². The first-order chi connectivity index (χ1) is 6.29. The van der Waals surface area contributed by atoms with E-state index in [1.807, 2.05) is 7.11 Å². The van der Waals surface area contributed by atoms with Crippen molar-refractivity contribution < 1.29 is 4.74 Å². The molecule has 2 rings (SSSR count). The normalized spacial score (nSPS) is 36.5. The highest BCUT2D eigenvalue weighted by Gasteiger charge is 2.30. The quantitative estimate of drug-likeness (QED) is 0.661. The van der Waals surface area contributed by atoms with Crippen molar-refractivity contribution in [3.8, 4) is 0 Å². The molecule has 0 aromatic rings. The number of hydrogen-bond acceptors (Lipinski definition) is 2. The van der Waals surface area contributed by atoms with Crippen molar-refractivity contribution in [1.82, 2.24) is 4.90 Å². The molecule has 0 amide bonds. The van der Waals surface area contributed by atoms with Crippen LogP contribution in [0.5, 0.6) is 0 Å². The van der Waals surface area contributed by atoms with Crippen molar-refractivity contribution in [2.45, 2.75) is 32.3 Å². The van der Waals surface area contributed by atoms with Crippen molar-refractivity contribution in [1.29, 1.82) is 0 Å². The van der Waals surface area contributed by atoms with E-state index in [-0.39, 0.29) is 0 Å². The van der Waals surface area contributed by atoms with Crippen molar-refractivity contribution >= 4 is 0 Å². The lowest BCUT2D eigenvalue weighted by molar-refractivity contribution is -0.000549. The first-order valence-corrected chi connectivity index (χ1v) is 5.54. The van der Waals surface area contributed by atoms with Gasteiger partial charge in [0.2, 0.25) is 0 Å². The summed E-state index contributed by atoms with van der Waals surface area (Å²) in [6.45, 7) is 6.16. The molecule has 2 unspecified atom stereocenters. The van der Waals surface area contributed by atoms with Gasteiger partial charge in [-0.3, -0.25) is 0 Å². The van der Waals surface area contributed by atoms with Crippen LogP contribution >= 0.6 is 0 Å². The topological polar surface area (TPSA) is 12.5 Å². The molecule has 0 spiro atoms. The van der Waals surface area contributed by atoms with Crippen LogP contribution in [-0.4, -0.2) is 37.7 Å². The third-order valence-corrected chi connectivity index (χ3v) is 3.43. The molecule has 76 valence electrons. The van der Waals surface area contributed by atoms with Gasteiger partial charge in [0.15, 0.2) is 0 Å². The van der Waals surface area contributed by atoms with Gasteiger partial charge >= 0.3 is 0 Å². The van der Waals surface area contributed by atoms with E-state index in [9.17, 15) is 0 Å². The SMILES string of the molecule is COC1CCN(CC2CC2)CC1C. The number of hydrogen-bond donors (Lipinski definition) is 0. The molecule has 1 heterocycles. The summed E-state index contributed by atoms with van der Waals surface area (Å²) < 4.78 is 5.45. The largest absolute Gasteiger partial charge is 0.381 e. The van der Waals surface area contributed by atoms with Crippen molar-refractivity contribution in [2.75, 3.05) is 26.7 Å². The second-order valence-electron chi connectivity index (χ2n) is 4.74. The van der Waals surface area contributed by atoms with Gasteiger partial charge < -0.3 is 9.64 Å². The number of piperidine rings is 1. The average molecular weight is 183 g/mol. The third-order valence-electron chi connectivity index (χ3n) is 3.43. The summed E-state index contributed by atoms with van der Waals surface area (Å²) in [5, 5.41) is 0. The maximum absolute atomic E-state index is 5.45. The van der Waals surface area contributed by atoms with Crippen LogP contribution in [0.2, 0.25) is 0 Å². The van der Waals surface area contributed by atoms with Crippen LogP contribution in [0.25, 0.3) is 0 Å². The van der Waals surface area contributed by atoms with Crippen molar-refractivity contribution in [3.63, 3.8) is 0 Å². The summed E-state index contributed by atoms with van der Waals surface area (Å²) in [5.41, 5.74) is 0. The average Bonchev–Trinajstić information content (AvgIpc) is 2.89. The van der Waals surface area contributed by atoms with E-state index < -0.39 is 0 Å². The molecule has 0 aromatic carbocycles. The van der Waals surface area contributed by atoms with Crippen LogP contribution in [-0.2, 0) is 4.74 Å². The Morgan fingerprint density at radius 1 is 1.31 bits per heavy atom. The summed E-state index contributed by atoms with van der Waals surface area (Å²) in [7, 11) is 1.84. The zero-order chi connectivity index (χ0) is 9.26. The van der Waals surface area contributed by atoms with Crippen molar-refractivity contribution in [2.24, 2.45) is 11.8 Å². The lowest BCUT2D eigenvalue weighted by Crippen LogP contribution is -2.43. The van der Waals surface area contributed by atoms with Gasteiger partial charge in [0.05, 0.1) is 6.10 Å². The Morgan fingerprint density at radius 3 is 2.62 bits per heavy atom. The number of likely N-dealkylation sites (tertiary alicyclic amines) is 1. The predicted octanol–water partition coefficient (Wildman–Crippen LogP) is 1.75. The molecule has 0 N–H and O–H groups in total. The molecule has 2 fully saturated rings. The van der Waals surface area contributed by atoms with Crippen LogP contribution in [0.15, 0.2) is 0 Å². The minimum Gasteiger partial charge on any atom is -0.381 e. The van der Waals surface area contributed by atoms with Gasteiger partial charge in [-0.2, -0.15) is 0 Å². The number of ether oxygens (including phenoxy) is 1. The number of rotatable bonds is 3. The number of methoxy groups -OCH3 is 1. The Morgan fingerprint density at radius 2 is 2.08 bits per heavy atom. The second kappa shape index (κ2) is 3.97. The molecule has 1 aliphatic carbocycles. The van der Waals surface area contributed by atoms with E-state index in [1.54, 1.807) is 0 Å². The molecular weight excluding hydrogens is 162 g/mol. The molecule has 0 aromatic heterocycles. The molecular formula is C11H21NO. The maximum Gasteiger partial charge on any atom is 0.0621 e. The molecule has 13 heavy (non-hydrogen) atoms. The molecule has 2 nitrogen and oxygen atoms in total. The highest BCUT2D eigenvalue weighted by atomic mass is 16.5. The second-order valence-corrected chi connectivity index (χ2v) is 4.74. The van der Waals surface area contributed by atoms with Crippen LogP contribution in [0.3, 0.4) is 0 Å². The van der Waals surface area contributed by atoms with E-state index >= 15 is 0 Å². The standard InChI is InChI=1S/C11H21NO/c1-9-7-12(8-10-3-4-10)6-5-11(9)13-2/h9-11H,3-8H2,1-2H3. The van der Waals surface area contributed by atoms with Gasteiger partial charge in [-0.15, -0.1) is 0 Å². The molecule has 2 atom stereocenters. The van der Waals surface area contributed by atoms with E-state index in [1.165, 1.54) is 38.9 Å². The Bertz CT molecular complexity index is 167. The van der Waals surface area contributed by atoms with Crippen LogP contribution in [0.4, 0.5) is 0 Å². The van der Waals surface area contributed by atoms with E-state index in [0.717, 1.165) is 11.8 Å². The molecule has 0 bridgehead atoms. The van der Waals surface area contributed by atoms with Crippen molar-refractivity contribution in [3.05, 3.63) is 0 Å².